The van der Waals surface area contributed by atoms with Crippen LogP contribution in [0, 0.1) is 0 Å². The lowest BCUT2D eigenvalue weighted by molar-refractivity contribution is 0.101. The predicted octanol–water partition coefficient (Wildman–Crippen LogP) is 4.76. The second-order valence-electron chi connectivity index (χ2n) is 8.26. The monoisotopic (exact) mass is 472 g/mol. The maximum Gasteiger partial charge on any atom is 0.276 e. The maximum atomic E-state index is 12.7. The van der Waals surface area contributed by atoms with Crippen molar-refractivity contribution in [2.45, 2.75) is 40.0 Å². The van der Waals surface area contributed by atoms with E-state index in [1.807, 2.05) is 31.2 Å². The number of amides is 2. The highest BCUT2D eigenvalue weighted by Crippen LogP contribution is 2.19. The minimum absolute atomic E-state index is 0.185. The van der Waals surface area contributed by atoms with Crippen molar-refractivity contribution >= 4 is 23.2 Å². The first-order chi connectivity index (χ1) is 16.9. The standard InChI is InChI=1S/C26H28N6O3/c1-4-32-24(12-14-27-32)26(34)29-21-7-5-6-20(16-21)28-25(33)23-13-15-31(30-23)17-35-22-10-8-19(9-11-22)18(2)3/h5-16,18H,4,17H2,1-3H3,(H,28,33)(H,29,34). The van der Waals surface area contributed by atoms with Crippen molar-refractivity contribution in [1.29, 1.82) is 0 Å². The summed E-state index contributed by atoms with van der Waals surface area (Å²) in [6, 6.07) is 18.1. The Morgan fingerprint density at radius 1 is 0.971 bits per heavy atom. The average molecular weight is 473 g/mol. The molecule has 35 heavy (non-hydrogen) atoms. The van der Waals surface area contributed by atoms with Crippen LogP contribution in [0.4, 0.5) is 11.4 Å². The molecule has 0 radical (unpaired) electrons. The van der Waals surface area contributed by atoms with E-state index in [1.54, 1.807) is 58.2 Å². The van der Waals surface area contributed by atoms with E-state index in [0.717, 1.165) is 5.75 Å². The second kappa shape index (κ2) is 10.7. The average Bonchev–Trinajstić information content (AvgIpc) is 3.53. The Labute approximate surface area is 203 Å². The number of aromatic nitrogens is 4. The molecule has 2 N–H and O–H groups in total. The maximum absolute atomic E-state index is 12.7. The first kappa shape index (κ1) is 23.7. The molecule has 2 aromatic carbocycles. The number of ether oxygens (including phenoxy) is 1. The van der Waals surface area contributed by atoms with E-state index in [9.17, 15) is 9.59 Å². The Morgan fingerprint density at radius 2 is 1.69 bits per heavy atom. The van der Waals surface area contributed by atoms with Gasteiger partial charge in [-0.2, -0.15) is 10.2 Å². The highest BCUT2D eigenvalue weighted by atomic mass is 16.5. The number of hydrogen-bond acceptors (Lipinski definition) is 5. The third-order valence-corrected chi connectivity index (χ3v) is 5.41. The van der Waals surface area contributed by atoms with Gasteiger partial charge in [0.25, 0.3) is 11.8 Å². The van der Waals surface area contributed by atoms with Gasteiger partial charge in [0.2, 0.25) is 0 Å². The molecule has 2 aromatic heterocycles. The lowest BCUT2D eigenvalue weighted by Gasteiger charge is -2.09. The molecule has 0 spiro atoms. The fourth-order valence-corrected chi connectivity index (χ4v) is 3.49. The van der Waals surface area contributed by atoms with Crippen LogP contribution in [0.5, 0.6) is 5.75 Å². The quantitative estimate of drug-likeness (QED) is 0.365. The number of nitrogens with one attached hydrogen (secondary N) is 2. The Hall–Kier alpha value is -4.40. The third kappa shape index (κ3) is 5.94. The Morgan fingerprint density at radius 3 is 2.37 bits per heavy atom. The van der Waals surface area contributed by atoms with Crippen molar-refractivity contribution in [2.75, 3.05) is 10.6 Å². The third-order valence-electron chi connectivity index (χ3n) is 5.41. The van der Waals surface area contributed by atoms with Gasteiger partial charge in [-0.15, -0.1) is 0 Å². The van der Waals surface area contributed by atoms with Crippen LogP contribution in [-0.2, 0) is 13.3 Å². The van der Waals surface area contributed by atoms with E-state index in [-0.39, 0.29) is 24.2 Å². The number of rotatable bonds is 9. The smallest absolute Gasteiger partial charge is 0.276 e. The summed E-state index contributed by atoms with van der Waals surface area (Å²) in [5.74, 6) is 0.554. The number of benzene rings is 2. The number of nitrogens with zero attached hydrogens (tertiary/aromatic N) is 4. The van der Waals surface area contributed by atoms with E-state index in [1.165, 1.54) is 5.56 Å². The van der Waals surface area contributed by atoms with E-state index in [2.05, 4.69) is 34.7 Å². The molecular weight excluding hydrogens is 444 g/mol. The molecule has 0 unspecified atom stereocenters. The Balaban J connectivity index is 1.34. The number of anilines is 2. The van der Waals surface area contributed by atoms with Crippen LogP contribution < -0.4 is 15.4 Å². The van der Waals surface area contributed by atoms with Crippen molar-refractivity contribution in [3.63, 3.8) is 0 Å². The molecule has 0 bridgehead atoms. The highest BCUT2D eigenvalue weighted by molar-refractivity contribution is 6.05. The van der Waals surface area contributed by atoms with Crippen LogP contribution >= 0.6 is 0 Å². The SMILES string of the molecule is CCn1nccc1C(=O)Nc1cccc(NC(=O)c2ccn(COc3ccc(C(C)C)cc3)n2)c1. The first-order valence-electron chi connectivity index (χ1n) is 11.4. The molecule has 0 aliphatic heterocycles. The van der Waals surface area contributed by atoms with Crippen molar-refractivity contribution in [1.82, 2.24) is 19.6 Å². The summed E-state index contributed by atoms with van der Waals surface area (Å²) >= 11 is 0. The Kier molecular flexibility index (Phi) is 7.25. The van der Waals surface area contributed by atoms with E-state index >= 15 is 0 Å². The van der Waals surface area contributed by atoms with E-state index in [4.69, 9.17) is 4.74 Å². The van der Waals surface area contributed by atoms with Crippen molar-refractivity contribution in [3.05, 3.63) is 90.0 Å². The van der Waals surface area contributed by atoms with Crippen molar-refractivity contribution < 1.29 is 14.3 Å². The topological polar surface area (TPSA) is 103 Å². The van der Waals surface area contributed by atoms with Gasteiger partial charge in [-0.05, 0) is 60.9 Å². The van der Waals surface area contributed by atoms with Crippen molar-refractivity contribution in [2.24, 2.45) is 0 Å². The minimum atomic E-state index is -0.363. The highest BCUT2D eigenvalue weighted by Gasteiger charge is 2.13. The summed E-state index contributed by atoms with van der Waals surface area (Å²) in [5.41, 5.74) is 3.05. The van der Waals surface area contributed by atoms with Gasteiger partial charge in [0, 0.05) is 30.3 Å². The zero-order valence-corrected chi connectivity index (χ0v) is 19.9. The molecule has 4 rings (SSSR count). The lowest BCUT2D eigenvalue weighted by atomic mass is 10.0. The summed E-state index contributed by atoms with van der Waals surface area (Å²) in [5, 5.41) is 14.0. The number of carbonyl (C=O) groups excluding carboxylic acids is 2. The van der Waals surface area contributed by atoms with Crippen LogP contribution in [0.1, 0.15) is 53.2 Å². The van der Waals surface area contributed by atoms with E-state index < -0.39 is 0 Å². The van der Waals surface area contributed by atoms with Crippen LogP contribution in [0.15, 0.2) is 73.1 Å². The van der Waals surface area contributed by atoms with Gasteiger partial charge in [0.1, 0.15) is 11.4 Å². The molecule has 2 heterocycles. The van der Waals surface area contributed by atoms with Gasteiger partial charge in [0.05, 0.1) is 0 Å². The zero-order valence-electron chi connectivity index (χ0n) is 19.9. The molecule has 0 saturated heterocycles. The van der Waals surface area contributed by atoms with Crippen LogP contribution in [-0.4, -0.2) is 31.4 Å². The number of aryl methyl sites for hydroxylation is 1. The molecule has 0 fully saturated rings. The Bertz CT molecular complexity index is 1310. The normalized spacial score (nSPS) is 10.9. The molecule has 0 aliphatic rings. The van der Waals surface area contributed by atoms with Gasteiger partial charge in [-0.1, -0.05) is 32.0 Å². The molecule has 4 aromatic rings. The summed E-state index contributed by atoms with van der Waals surface area (Å²) in [6.07, 6.45) is 3.27. The van der Waals surface area contributed by atoms with Gasteiger partial charge < -0.3 is 15.4 Å². The first-order valence-corrected chi connectivity index (χ1v) is 11.4. The van der Waals surface area contributed by atoms with Gasteiger partial charge in [0.15, 0.2) is 12.4 Å². The summed E-state index contributed by atoms with van der Waals surface area (Å²) < 4.78 is 8.93. The van der Waals surface area contributed by atoms with Crippen molar-refractivity contribution in [3.8, 4) is 5.75 Å². The molecule has 0 saturated carbocycles. The summed E-state index contributed by atoms with van der Waals surface area (Å²) in [6.45, 7) is 6.97. The number of carbonyl (C=O) groups is 2. The van der Waals surface area contributed by atoms with E-state index in [0.29, 0.717) is 29.5 Å². The molecular formula is C26H28N6O3. The summed E-state index contributed by atoms with van der Waals surface area (Å²) in [4.78, 5) is 25.2. The largest absolute Gasteiger partial charge is 0.471 e. The van der Waals surface area contributed by atoms with Gasteiger partial charge in [-0.3, -0.25) is 14.3 Å². The van der Waals surface area contributed by atoms with Gasteiger partial charge >= 0.3 is 0 Å². The second-order valence-corrected chi connectivity index (χ2v) is 8.26. The molecule has 2 amide bonds. The molecule has 9 nitrogen and oxygen atoms in total. The van der Waals surface area contributed by atoms with Crippen LogP contribution in [0.2, 0.25) is 0 Å². The number of hydrogen-bond donors (Lipinski definition) is 2. The molecule has 180 valence electrons. The fourth-order valence-electron chi connectivity index (χ4n) is 3.49. The van der Waals surface area contributed by atoms with Gasteiger partial charge in [-0.25, -0.2) is 4.68 Å². The molecule has 9 heteroatoms. The summed E-state index contributed by atoms with van der Waals surface area (Å²) in [7, 11) is 0. The van der Waals surface area contributed by atoms with Crippen LogP contribution in [0.25, 0.3) is 0 Å². The minimum Gasteiger partial charge on any atom is -0.471 e. The lowest BCUT2D eigenvalue weighted by Crippen LogP contribution is -2.18. The van der Waals surface area contributed by atoms with Crippen LogP contribution in [0.3, 0.4) is 0 Å². The molecule has 0 aliphatic carbocycles. The molecule has 0 atom stereocenters. The predicted molar refractivity (Wildman–Crippen MR) is 134 cm³/mol. The zero-order chi connectivity index (χ0) is 24.8. The fraction of sp³-hybridized carbons (Fsp3) is 0.231.